The fourth-order valence-electron chi connectivity index (χ4n) is 1.01. The molecule has 0 aliphatic heterocycles. The predicted molar refractivity (Wildman–Crippen MR) is 53.6 cm³/mol. The Morgan fingerprint density at radius 2 is 2.23 bits per heavy atom. The lowest BCUT2D eigenvalue weighted by Crippen LogP contribution is -1.95. The van der Waals surface area contributed by atoms with Crippen LogP contribution in [0.25, 0.3) is 0 Å². The molecule has 1 aromatic carbocycles. The second-order valence-electron chi connectivity index (χ2n) is 2.44. The maximum absolute atomic E-state index is 13.1. The van der Waals surface area contributed by atoms with E-state index >= 15 is 0 Å². The molecule has 0 heterocycles. The van der Waals surface area contributed by atoms with Crippen LogP contribution in [0, 0.1) is 17.1 Å². The SMILES string of the molecule is N#Cc1ccc(F)c(CCBr)c1Cl. The van der Waals surface area contributed by atoms with Crippen molar-refractivity contribution in [1.29, 1.82) is 5.26 Å². The largest absolute Gasteiger partial charge is 0.207 e. The van der Waals surface area contributed by atoms with Gasteiger partial charge in [-0.1, -0.05) is 27.5 Å². The molecule has 1 nitrogen and oxygen atoms in total. The zero-order valence-electron chi connectivity index (χ0n) is 6.65. The van der Waals surface area contributed by atoms with Crippen LogP contribution in [0.5, 0.6) is 0 Å². The van der Waals surface area contributed by atoms with E-state index in [1.165, 1.54) is 12.1 Å². The van der Waals surface area contributed by atoms with Gasteiger partial charge in [0, 0.05) is 10.9 Å². The number of alkyl halides is 1. The highest BCUT2D eigenvalue weighted by molar-refractivity contribution is 9.09. The minimum Gasteiger partial charge on any atom is -0.207 e. The fourth-order valence-corrected chi connectivity index (χ4v) is 1.69. The second-order valence-corrected chi connectivity index (χ2v) is 3.61. The van der Waals surface area contributed by atoms with Gasteiger partial charge in [-0.25, -0.2) is 4.39 Å². The molecule has 0 atom stereocenters. The minimum absolute atomic E-state index is 0.224. The smallest absolute Gasteiger partial charge is 0.128 e. The van der Waals surface area contributed by atoms with Gasteiger partial charge < -0.3 is 0 Å². The molecule has 0 radical (unpaired) electrons. The number of benzene rings is 1. The summed E-state index contributed by atoms with van der Waals surface area (Å²) in [5.41, 5.74) is 0.719. The van der Waals surface area contributed by atoms with Gasteiger partial charge in [-0.15, -0.1) is 0 Å². The molecule has 0 unspecified atom stereocenters. The van der Waals surface area contributed by atoms with Gasteiger partial charge in [-0.3, -0.25) is 0 Å². The highest BCUT2D eigenvalue weighted by Crippen LogP contribution is 2.24. The normalized spacial score (nSPS) is 9.69. The standard InChI is InChI=1S/C9H6BrClFN/c10-4-3-7-8(12)2-1-6(5-13)9(7)11/h1-2H,3-4H2. The van der Waals surface area contributed by atoms with Gasteiger partial charge >= 0.3 is 0 Å². The van der Waals surface area contributed by atoms with E-state index in [2.05, 4.69) is 15.9 Å². The van der Waals surface area contributed by atoms with Gasteiger partial charge in [-0.05, 0) is 18.6 Å². The molecule has 0 aromatic heterocycles. The van der Waals surface area contributed by atoms with Crippen LogP contribution in [0.3, 0.4) is 0 Å². The molecule has 13 heavy (non-hydrogen) atoms. The van der Waals surface area contributed by atoms with Crippen molar-refractivity contribution in [1.82, 2.24) is 0 Å². The van der Waals surface area contributed by atoms with Crippen molar-refractivity contribution < 1.29 is 4.39 Å². The lowest BCUT2D eigenvalue weighted by atomic mass is 10.1. The Morgan fingerprint density at radius 1 is 1.54 bits per heavy atom. The number of hydrogen-bond donors (Lipinski definition) is 0. The topological polar surface area (TPSA) is 23.8 Å². The number of halogens is 3. The Bertz CT molecular complexity index is 359. The molecular weight excluding hydrogens is 256 g/mol. The lowest BCUT2D eigenvalue weighted by molar-refractivity contribution is 0.613. The highest BCUT2D eigenvalue weighted by Gasteiger charge is 2.10. The Labute approximate surface area is 89.3 Å². The summed E-state index contributed by atoms with van der Waals surface area (Å²) >= 11 is 9.00. The van der Waals surface area contributed by atoms with Gasteiger partial charge in [0.1, 0.15) is 11.9 Å². The molecule has 0 amide bonds. The van der Waals surface area contributed by atoms with Crippen molar-refractivity contribution in [3.8, 4) is 6.07 Å². The van der Waals surface area contributed by atoms with E-state index in [1.807, 2.05) is 6.07 Å². The monoisotopic (exact) mass is 261 g/mol. The third-order valence-corrected chi connectivity index (χ3v) is 2.48. The van der Waals surface area contributed by atoms with Crippen LogP contribution in [0.15, 0.2) is 12.1 Å². The van der Waals surface area contributed by atoms with Gasteiger partial charge in [-0.2, -0.15) is 5.26 Å². The molecule has 68 valence electrons. The molecule has 4 heteroatoms. The van der Waals surface area contributed by atoms with E-state index in [1.54, 1.807) is 0 Å². The van der Waals surface area contributed by atoms with Crippen LogP contribution in [0.1, 0.15) is 11.1 Å². The summed E-state index contributed by atoms with van der Waals surface area (Å²) in [6.45, 7) is 0. The van der Waals surface area contributed by atoms with Crippen molar-refractivity contribution in [3.63, 3.8) is 0 Å². The van der Waals surface area contributed by atoms with Crippen LogP contribution in [0.2, 0.25) is 5.02 Å². The Balaban J connectivity index is 3.23. The summed E-state index contributed by atoms with van der Waals surface area (Å²) < 4.78 is 13.1. The van der Waals surface area contributed by atoms with Crippen molar-refractivity contribution in [2.24, 2.45) is 0 Å². The van der Waals surface area contributed by atoms with Crippen LogP contribution < -0.4 is 0 Å². The summed E-state index contributed by atoms with van der Waals surface area (Å²) in [7, 11) is 0. The van der Waals surface area contributed by atoms with E-state index in [0.717, 1.165) is 0 Å². The predicted octanol–water partition coefficient (Wildman–Crippen LogP) is 3.29. The lowest BCUT2D eigenvalue weighted by Gasteiger charge is -2.04. The average Bonchev–Trinajstić information content (AvgIpc) is 2.12. The molecule has 0 aliphatic carbocycles. The molecule has 0 saturated carbocycles. The number of hydrogen-bond acceptors (Lipinski definition) is 1. The summed E-state index contributed by atoms with van der Waals surface area (Å²) in [6, 6.07) is 4.56. The van der Waals surface area contributed by atoms with E-state index in [9.17, 15) is 4.39 Å². The van der Waals surface area contributed by atoms with E-state index < -0.39 is 0 Å². The minimum atomic E-state index is -0.358. The first-order valence-electron chi connectivity index (χ1n) is 3.63. The van der Waals surface area contributed by atoms with Crippen LogP contribution in [-0.2, 0) is 6.42 Å². The highest BCUT2D eigenvalue weighted by atomic mass is 79.9. The first-order chi connectivity index (χ1) is 6.20. The molecule has 0 aliphatic rings. The van der Waals surface area contributed by atoms with Gasteiger partial charge in [0.15, 0.2) is 0 Å². The quantitative estimate of drug-likeness (QED) is 0.750. The van der Waals surface area contributed by atoms with E-state index in [4.69, 9.17) is 16.9 Å². The molecule has 0 spiro atoms. The first-order valence-corrected chi connectivity index (χ1v) is 5.13. The molecule has 0 fully saturated rings. The average molecular weight is 263 g/mol. The summed E-state index contributed by atoms with van der Waals surface area (Å²) in [5, 5.41) is 9.48. The maximum Gasteiger partial charge on any atom is 0.128 e. The molecule has 1 aromatic rings. The van der Waals surface area contributed by atoms with Crippen molar-refractivity contribution >= 4 is 27.5 Å². The first kappa shape index (κ1) is 10.5. The van der Waals surface area contributed by atoms with E-state index in [0.29, 0.717) is 22.9 Å². The Morgan fingerprint density at radius 3 is 2.77 bits per heavy atom. The van der Waals surface area contributed by atoms with Gasteiger partial charge in [0.05, 0.1) is 10.6 Å². The van der Waals surface area contributed by atoms with Crippen LogP contribution in [0.4, 0.5) is 4.39 Å². The number of rotatable bonds is 2. The third-order valence-electron chi connectivity index (χ3n) is 1.65. The summed E-state index contributed by atoms with van der Waals surface area (Å²) in [4.78, 5) is 0. The van der Waals surface area contributed by atoms with Crippen LogP contribution >= 0.6 is 27.5 Å². The summed E-state index contributed by atoms with van der Waals surface area (Å²) in [5.74, 6) is -0.358. The number of nitrogens with zero attached hydrogens (tertiary/aromatic N) is 1. The molecule has 0 saturated heterocycles. The third kappa shape index (κ3) is 2.20. The second kappa shape index (κ2) is 4.59. The maximum atomic E-state index is 13.1. The van der Waals surface area contributed by atoms with Crippen molar-refractivity contribution in [2.75, 3.05) is 5.33 Å². The molecule has 0 bridgehead atoms. The molecular formula is C9H6BrClFN. The van der Waals surface area contributed by atoms with Crippen molar-refractivity contribution in [3.05, 3.63) is 34.1 Å². The van der Waals surface area contributed by atoms with Crippen molar-refractivity contribution in [2.45, 2.75) is 6.42 Å². The zero-order valence-corrected chi connectivity index (χ0v) is 8.99. The van der Waals surface area contributed by atoms with Crippen LogP contribution in [-0.4, -0.2) is 5.33 Å². The van der Waals surface area contributed by atoms with Gasteiger partial charge in [0.2, 0.25) is 0 Å². The zero-order chi connectivity index (χ0) is 9.84. The molecule has 0 N–H and O–H groups in total. The Hall–Kier alpha value is -0.590. The number of nitriles is 1. The Kier molecular flexibility index (Phi) is 3.71. The van der Waals surface area contributed by atoms with E-state index in [-0.39, 0.29) is 10.8 Å². The van der Waals surface area contributed by atoms with Gasteiger partial charge in [0.25, 0.3) is 0 Å². The summed E-state index contributed by atoms with van der Waals surface area (Å²) in [6.07, 6.45) is 0.486. The fraction of sp³-hybridized carbons (Fsp3) is 0.222. The molecule has 1 rings (SSSR count).